The van der Waals surface area contributed by atoms with Gasteiger partial charge in [0, 0.05) is 5.56 Å². The molecule has 0 radical (unpaired) electrons. The Morgan fingerprint density at radius 3 is 2.57 bits per heavy atom. The fourth-order valence-electron chi connectivity index (χ4n) is 1.70. The van der Waals surface area contributed by atoms with Crippen molar-refractivity contribution in [1.29, 1.82) is 0 Å². The Labute approximate surface area is 137 Å². The Bertz CT molecular complexity index is 598. The Hall–Kier alpha value is -1.30. The van der Waals surface area contributed by atoms with Crippen molar-refractivity contribution in [2.45, 2.75) is 17.4 Å². The molecule has 21 heavy (non-hydrogen) atoms. The average molecular weight is 348 g/mol. The number of aromatic nitrogens is 3. The minimum absolute atomic E-state index is 0.0885. The average Bonchev–Trinajstić information content (AvgIpc) is 2.98. The van der Waals surface area contributed by atoms with Gasteiger partial charge in [0.25, 0.3) is 5.91 Å². The van der Waals surface area contributed by atoms with Crippen molar-refractivity contribution in [2.75, 3.05) is 5.88 Å². The molecule has 0 saturated heterocycles. The molecule has 2 aromatic rings. The molecule has 1 heterocycles. The van der Waals surface area contributed by atoms with Crippen LogP contribution in [-0.4, -0.2) is 30.9 Å². The minimum Gasteiger partial charge on any atom is -0.328 e. The molecule has 1 amide bonds. The minimum atomic E-state index is -1.42. The van der Waals surface area contributed by atoms with Crippen molar-refractivity contribution in [3.8, 4) is 0 Å². The molecular weight excluding hydrogens is 335 g/mol. The summed E-state index contributed by atoms with van der Waals surface area (Å²) in [6.07, 6.45) is 1.89. The second kappa shape index (κ2) is 6.64. The second-order valence-electron chi connectivity index (χ2n) is 4.51. The number of hydrogen-bond donors (Lipinski definition) is 1. The van der Waals surface area contributed by atoms with Crippen molar-refractivity contribution in [2.24, 2.45) is 0 Å². The molecule has 1 aromatic carbocycles. The number of aryl methyl sites for hydroxylation is 1. The summed E-state index contributed by atoms with van der Waals surface area (Å²) in [6, 6.07) is 7.12. The molecule has 0 aliphatic heterocycles. The number of amides is 1. The first kappa shape index (κ1) is 16.1. The maximum atomic E-state index is 12.3. The van der Waals surface area contributed by atoms with E-state index in [-0.39, 0.29) is 11.8 Å². The van der Waals surface area contributed by atoms with E-state index >= 15 is 0 Å². The number of rotatable bonds is 5. The number of nitrogens with zero attached hydrogens (tertiary/aromatic N) is 3. The van der Waals surface area contributed by atoms with Gasteiger partial charge in [0.05, 0.1) is 5.88 Å². The van der Waals surface area contributed by atoms with Gasteiger partial charge in [-0.1, -0.05) is 40.9 Å². The lowest BCUT2D eigenvalue weighted by Gasteiger charge is -2.28. The lowest BCUT2D eigenvalue weighted by molar-refractivity contribution is 0.0910. The van der Waals surface area contributed by atoms with Crippen molar-refractivity contribution < 1.29 is 4.79 Å². The number of halogens is 3. The first-order chi connectivity index (χ1) is 9.94. The van der Waals surface area contributed by atoms with Gasteiger partial charge in [-0.2, -0.15) is 5.10 Å². The summed E-state index contributed by atoms with van der Waals surface area (Å²) in [5.74, 6) is -0.416. The van der Waals surface area contributed by atoms with Gasteiger partial charge in [0.15, 0.2) is 10.5 Å². The van der Waals surface area contributed by atoms with Crippen LogP contribution in [-0.2, 0) is 0 Å². The third-order valence-electron chi connectivity index (χ3n) is 2.86. The molecule has 0 spiro atoms. The van der Waals surface area contributed by atoms with Crippen molar-refractivity contribution >= 4 is 40.7 Å². The number of benzene rings is 1. The largest absolute Gasteiger partial charge is 0.328 e. The number of carbonyl (C=O) groups excluding carboxylic acids is 1. The molecule has 1 aromatic heterocycles. The van der Waals surface area contributed by atoms with E-state index < -0.39 is 10.5 Å². The molecule has 0 bridgehead atoms. The van der Waals surface area contributed by atoms with E-state index in [2.05, 4.69) is 15.4 Å². The topological polar surface area (TPSA) is 59.8 Å². The third-order valence-corrected chi connectivity index (χ3v) is 4.24. The number of alkyl halides is 3. The lowest BCUT2D eigenvalue weighted by atomic mass is 10.1. The molecule has 0 aliphatic carbocycles. The van der Waals surface area contributed by atoms with Crippen LogP contribution in [0.2, 0.25) is 0 Å². The number of hydrogen-bond acceptors (Lipinski definition) is 3. The van der Waals surface area contributed by atoms with Crippen LogP contribution in [0.3, 0.4) is 0 Å². The van der Waals surface area contributed by atoms with E-state index in [0.717, 1.165) is 5.56 Å². The molecule has 2 rings (SSSR count). The van der Waals surface area contributed by atoms with E-state index in [9.17, 15) is 4.79 Å². The third kappa shape index (κ3) is 3.87. The van der Waals surface area contributed by atoms with Gasteiger partial charge in [0.1, 0.15) is 12.7 Å². The molecular formula is C13H13Cl3N4O. The van der Waals surface area contributed by atoms with Gasteiger partial charge in [-0.15, -0.1) is 11.6 Å². The maximum Gasteiger partial charge on any atom is 0.253 e. The monoisotopic (exact) mass is 346 g/mol. The molecule has 0 saturated carbocycles. The summed E-state index contributed by atoms with van der Waals surface area (Å²) in [5, 5.41) is 6.67. The lowest BCUT2D eigenvalue weighted by Crippen LogP contribution is -2.44. The van der Waals surface area contributed by atoms with Gasteiger partial charge < -0.3 is 5.32 Å². The zero-order valence-corrected chi connectivity index (χ0v) is 13.4. The number of carbonyl (C=O) groups is 1. The van der Waals surface area contributed by atoms with Crippen LogP contribution in [0.25, 0.3) is 0 Å². The molecule has 0 aliphatic rings. The highest BCUT2D eigenvalue weighted by Gasteiger charge is 2.37. The molecule has 112 valence electrons. The molecule has 0 fully saturated rings. The predicted molar refractivity (Wildman–Crippen MR) is 82.9 cm³/mol. The van der Waals surface area contributed by atoms with Crippen LogP contribution in [0.4, 0.5) is 0 Å². The summed E-state index contributed by atoms with van der Waals surface area (Å²) < 4.78 is -0.0654. The summed E-state index contributed by atoms with van der Waals surface area (Å²) in [5.41, 5.74) is 1.55. The van der Waals surface area contributed by atoms with Crippen LogP contribution in [0, 0.1) is 6.92 Å². The Morgan fingerprint density at radius 2 is 2.05 bits per heavy atom. The Balaban J connectivity index is 2.23. The van der Waals surface area contributed by atoms with Gasteiger partial charge in [-0.3, -0.25) is 4.79 Å². The van der Waals surface area contributed by atoms with Crippen LogP contribution in [0.5, 0.6) is 0 Å². The van der Waals surface area contributed by atoms with Crippen molar-refractivity contribution in [3.63, 3.8) is 0 Å². The van der Waals surface area contributed by atoms with Gasteiger partial charge in [-0.05, 0) is 19.1 Å². The summed E-state index contributed by atoms with van der Waals surface area (Å²) in [7, 11) is 0. The summed E-state index contributed by atoms with van der Waals surface area (Å²) in [4.78, 5) is 16.1. The summed E-state index contributed by atoms with van der Waals surface area (Å²) in [6.45, 7) is 1.94. The first-order valence-electron chi connectivity index (χ1n) is 6.09. The van der Waals surface area contributed by atoms with Gasteiger partial charge in [-0.25, -0.2) is 9.67 Å². The highest BCUT2D eigenvalue weighted by Crippen LogP contribution is 2.33. The van der Waals surface area contributed by atoms with Crippen molar-refractivity contribution in [1.82, 2.24) is 20.1 Å². The van der Waals surface area contributed by atoms with Crippen LogP contribution in [0.15, 0.2) is 36.9 Å². The predicted octanol–water partition coefficient (Wildman–Crippen LogP) is 2.93. The van der Waals surface area contributed by atoms with E-state index in [0.29, 0.717) is 5.56 Å². The molecule has 1 atom stereocenters. The quantitative estimate of drug-likeness (QED) is 0.846. The normalized spacial score (nSPS) is 13.0. The number of nitrogens with one attached hydrogen (secondary N) is 1. The van der Waals surface area contributed by atoms with E-state index in [1.807, 2.05) is 19.1 Å². The van der Waals surface area contributed by atoms with E-state index in [4.69, 9.17) is 34.8 Å². The zero-order valence-electron chi connectivity index (χ0n) is 11.1. The Kier molecular flexibility index (Phi) is 5.08. The fraction of sp³-hybridized carbons (Fsp3) is 0.308. The Morgan fingerprint density at radius 1 is 1.38 bits per heavy atom. The van der Waals surface area contributed by atoms with Gasteiger partial charge >= 0.3 is 0 Å². The smallest absolute Gasteiger partial charge is 0.253 e. The van der Waals surface area contributed by atoms with Crippen LogP contribution < -0.4 is 5.32 Å². The van der Waals surface area contributed by atoms with Crippen LogP contribution in [0.1, 0.15) is 22.1 Å². The molecule has 5 nitrogen and oxygen atoms in total. The highest BCUT2D eigenvalue weighted by molar-refractivity contribution is 6.51. The maximum absolute atomic E-state index is 12.3. The molecule has 1 unspecified atom stereocenters. The first-order valence-corrected chi connectivity index (χ1v) is 7.38. The second-order valence-corrected chi connectivity index (χ2v) is 6.32. The van der Waals surface area contributed by atoms with E-state index in [1.54, 1.807) is 12.1 Å². The fourth-order valence-corrected chi connectivity index (χ4v) is 2.16. The standard InChI is InChI=1S/C13H13Cl3N4O/c1-9-2-4-10(5-3-9)11(21)19-12(13(15,16)6-14)20-8-17-7-18-20/h2-5,7-8,12H,6H2,1H3,(H,19,21). The highest BCUT2D eigenvalue weighted by atomic mass is 35.5. The zero-order chi connectivity index (χ0) is 15.5. The van der Waals surface area contributed by atoms with Crippen molar-refractivity contribution in [3.05, 3.63) is 48.0 Å². The SMILES string of the molecule is Cc1ccc(C(=O)NC(n2cncn2)C(Cl)(Cl)CCl)cc1. The van der Waals surface area contributed by atoms with Gasteiger partial charge in [0.2, 0.25) is 0 Å². The van der Waals surface area contributed by atoms with E-state index in [1.165, 1.54) is 17.3 Å². The van der Waals surface area contributed by atoms with Crippen LogP contribution >= 0.6 is 34.8 Å². The summed E-state index contributed by atoms with van der Waals surface area (Å²) >= 11 is 18.1. The molecule has 1 N–H and O–H groups in total. The molecule has 8 heteroatoms.